The van der Waals surface area contributed by atoms with Crippen LogP contribution in [0.3, 0.4) is 0 Å². The Morgan fingerprint density at radius 1 is 0.963 bits per heavy atom. The van der Waals surface area contributed by atoms with Crippen molar-refractivity contribution in [1.29, 1.82) is 0 Å². The highest BCUT2D eigenvalue weighted by molar-refractivity contribution is 7.92. The van der Waals surface area contributed by atoms with Crippen LogP contribution in [0.1, 0.15) is 17.2 Å². The van der Waals surface area contributed by atoms with Crippen molar-refractivity contribution in [3.63, 3.8) is 0 Å². The molecule has 0 fully saturated rings. The summed E-state index contributed by atoms with van der Waals surface area (Å²) in [7, 11) is -3.71. The first-order valence-corrected chi connectivity index (χ1v) is 9.68. The molecule has 3 N–H and O–H groups in total. The molecule has 27 heavy (non-hydrogen) atoms. The lowest BCUT2D eigenvalue weighted by molar-refractivity contribution is 0.600. The average molecular weight is 407 g/mol. The van der Waals surface area contributed by atoms with E-state index < -0.39 is 10.0 Å². The SMILES string of the molecule is Cc1nccc(N)n1.Cc1nccc(NS(=O)(=O)c2cccc(Cl)c2C)n1. The normalized spacial score (nSPS) is 10.7. The first-order chi connectivity index (χ1) is 12.7. The zero-order valence-electron chi connectivity index (χ0n) is 15.0. The summed E-state index contributed by atoms with van der Waals surface area (Å²) in [4.78, 5) is 15.7. The third-order valence-electron chi connectivity index (χ3n) is 3.32. The first-order valence-electron chi connectivity index (χ1n) is 7.82. The van der Waals surface area contributed by atoms with Crippen molar-refractivity contribution in [3.8, 4) is 0 Å². The molecular weight excluding hydrogens is 388 g/mol. The molecule has 3 aromatic rings. The van der Waals surface area contributed by atoms with Gasteiger partial charge in [-0.2, -0.15) is 0 Å². The maximum absolute atomic E-state index is 12.3. The number of anilines is 2. The van der Waals surface area contributed by atoms with Gasteiger partial charge in [-0.05, 0) is 50.6 Å². The number of nitrogen functional groups attached to an aromatic ring is 1. The number of hydrogen-bond donors (Lipinski definition) is 2. The van der Waals surface area contributed by atoms with Gasteiger partial charge >= 0.3 is 0 Å². The molecule has 0 aliphatic rings. The van der Waals surface area contributed by atoms with Crippen molar-refractivity contribution in [1.82, 2.24) is 19.9 Å². The van der Waals surface area contributed by atoms with Gasteiger partial charge in [0.1, 0.15) is 23.3 Å². The number of nitrogens with two attached hydrogens (primary N) is 1. The monoisotopic (exact) mass is 406 g/mol. The molecule has 0 aliphatic carbocycles. The molecule has 142 valence electrons. The van der Waals surface area contributed by atoms with Gasteiger partial charge in [0.2, 0.25) is 0 Å². The van der Waals surface area contributed by atoms with Gasteiger partial charge in [0.25, 0.3) is 10.0 Å². The van der Waals surface area contributed by atoms with E-state index in [0.29, 0.717) is 28.1 Å². The third-order valence-corrected chi connectivity index (χ3v) is 5.23. The fourth-order valence-corrected chi connectivity index (χ4v) is 3.56. The number of halogens is 1. The fourth-order valence-electron chi connectivity index (χ4n) is 2.06. The highest BCUT2D eigenvalue weighted by Crippen LogP contribution is 2.24. The summed E-state index contributed by atoms with van der Waals surface area (Å²) in [6.45, 7) is 5.14. The number of sulfonamides is 1. The van der Waals surface area contributed by atoms with Crippen molar-refractivity contribution in [2.45, 2.75) is 25.7 Å². The topological polar surface area (TPSA) is 124 Å². The Kier molecular flexibility index (Phi) is 6.65. The lowest BCUT2D eigenvalue weighted by Crippen LogP contribution is -2.15. The number of benzene rings is 1. The molecule has 2 aromatic heterocycles. The smallest absolute Gasteiger partial charge is 0.263 e. The van der Waals surface area contributed by atoms with E-state index in [1.165, 1.54) is 18.3 Å². The molecule has 0 amide bonds. The van der Waals surface area contributed by atoms with Crippen molar-refractivity contribution in [2.24, 2.45) is 0 Å². The first kappa shape index (κ1) is 20.5. The van der Waals surface area contributed by atoms with Crippen LogP contribution in [-0.2, 0) is 10.0 Å². The Labute approximate surface area is 162 Å². The van der Waals surface area contributed by atoms with Crippen molar-refractivity contribution in [2.75, 3.05) is 10.5 Å². The predicted molar refractivity (Wildman–Crippen MR) is 105 cm³/mol. The number of rotatable bonds is 3. The van der Waals surface area contributed by atoms with Crippen LogP contribution in [0.25, 0.3) is 0 Å². The number of nitrogens with one attached hydrogen (secondary N) is 1. The Hall–Kier alpha value is -2.78. The number of nitrogens with zero attached hydrogens (tertiary/aromatic N) is 4. The second kappa shape index (κ2) is 8.74. The van der Waals surface area contributed by atoms with Gasteiger partial charge in [-0.15, -0.1) is 0 Å². The number of aromatic nitrogens is 4. The Balaban J connectivity index is 0.000000273. The van der Waals surface area contributed by atoms with E-state index in [1.54, 1.807) is 45.2 Å². The van der Waals surface area contributed by atoms with Gasteiger partial charge in [0.05, 0.1) is 4.90 Å². The largest absolute Gasteiger partial charge is 0.384 e. The van der Waals surface area contributed by atoms with Crippen LogP contribution in [0.4, 0.5) is 11.6 Å². The lowest BCUT2D eigenvalue weighted by atomic mass is 10.2. The standard InChI is InChI=1S/C12H12ClN3O2S.C5H7N3/c1-8-10(13)4-3-5-11(8)19(17,18)16-12-6-7-14-9(2)15-12;1-4-7-3-2-5(6)8-4/h3-7H,1-2H3,(H,14,15,16);2-3H,1H3,(H2,6,7,8). The van der Waals surface area contributed by atoms with Crippen LogP contribution >= 0.6 is 11.6 Å². The van der Waals surface area contributed by atoms with E-state index in [1.807, 2.05) is 0 Å². The summed E-state index contributed by atoms with van der Waals surface area (Å²) in [6, 6.07) is 7.88. The fraction of sp³-hybridized carbons (Fsp3) is 0.176. The molecule has 0 bridgehead atoms. The quantitative estimate of drug-likeness (QED) is 0.685. The van der Waals surface area contributed by atoms with E-state index >= 15 is 0 Å². The highest BCUT2D eigenvalue weighted by atomic mass is 35.5. The van der Waals surface area contributed by atoms with Gasteiger partial charge in [-0.3, -0.25) is 4.72 Å². The Bertz CT molecular complexity index is 1030. The van der Waals surface area contributed by atoms with Gasteiger partial charge in [0.15, 0.2) is 0 Å². The minimum absolute atomic E-state index is 0.135. The summed E-state index contributed by atoms with van der Waals surface area (Å²) in [5.74, 6) is 1.96. The molecule has 0 saturated heterocycles. The summed E-state index contributed by atoms with van der Waals surface area (Å²) in [5, 5.41) is 0.404. The summed E-state index contributed by atoms with van der Waals surface area (Å²) in [6.07, 6.45) is 3.13. The van der Waals surface area contributed by atoms with Gasteiger partial charge < -0.3 is 5.73 Å². The Morgan fingerprint density at radius 3 is 2.15 bits per heavy atom. The van der Waals surface area contributed by atoms with Crippen LogP contribution in [0.2, 0.25) is 5.02 Å². The molecule has 2 heterocycles. The maximum Gasteiger partial charge on any atom is 0.263 e. The van der Waals surface area contributed by atoms with Gasteiger partial charge in [-0.25, -0.2) is 28.4 Å². The summed E-state index contributed by atoms with van der Waals surface area (Å²) in [5.41, 5.74) is 5.81. The number of hydrogen-bond acceptors (Lipinski definition) is 7. The average Bonchev–Trinajstić information content (AvgIpc) is 2.57. The summed E-state index contributed by atoms with van der Waals surface area (Å²) < 4.78 is 26.9. The molecule has 0 saturated carbocycles. The second-order valence-corrected chi connectivity index (χ2v) is 7.54. The number of aryl methyl sites for hydroxylation is 2. The molecule has 3 rings (SSSR count). The molecule has 10 heteroatoms. The third kappa shape index (κ3) is 5.87. The van der Waals surface area contributed by atoms with Gasteiger partial charge in [-0.1, -0.05) is 17.7 Å². The van der Waals surface area contributed by atoms with Crippen molar-refractivity contribution >= 4 is 33.3 Å². The van der Waals surface area contributed by atoms with Crippen LogP contribution in [0.15, 0.2) is 47.6 Å². The maximum atomic E-state index is 12.3. The zero-order valence-corrected chi connectivity index (χ0v) is 16.6. The minimum Gasteiger partial charge on any atom is -0.384 e. The molecule has 0 radical (unpaired) electrons. The summed E-state index contributed by atoms with van der Waals surface area (Å²) >= 11 is 5.93. The van der Waals surface area contributed by atoms with E-state index in [2.05, 4.69) is 24.7 Å². The molecule has 0 spiro atoms. The van der Waals surface area contributed by atoms with Crippen molar-refractivity contribution in [3.05, 3.63) is 65.0 Å². The van der Waals surface area contributed by atoms with E-state index in [0.717, 1.165) is 0 Å². The molecular formula is C17H19ClN6O2S. The van der Waals surface area contributed by atoms with Crippen LogP contribution in [0, 0.1) is 20.8 Å². The van der Waals surface area contributed by atoms with Gasteiger partial charge in [0, 0.05) is 17.4 Å². The highest BCUT2D eigenvalue weighted by Gasteiger charge is 2.18. The predicted octanol–water partition coefficient (Wildman–Crippen LogP) is 2.91. The van der Waals surface area contributed by atoms with Crippen LogP contribution < -0.4 is 10.5 Å². The molecule has 0 aliphatic heterocycles. The van der Waals surface area contributed by atoms with Crippen molar-refractivity contribution < 1.29 is 8.42 Å². The van der Waals surface area contributed by atoms with E-state index in [9.17, 15) is 8.42 Å². The molecule has 0 unspecified atom stereocenters. The molecule has 0 atom stereocenters. The second-order valence-electron chi connectivity index (χ2n) is 5.49. The molecule has 8 nitrogen and oxygen atoms in total. The van der Waals surface area contributed by atoms with E-state index in [4.69, 9.17) is 17.3 Å². The Morgan fingerprint density at radius 2 is 1.59 bits per heavy atom. The van der Waals surface area contributed by atoms with E-state index in [-0.39, 0.29) is 10.7 Å². The zero-order chi connectivity index (χ0) is 20.0. The lowest BCUT2D eigenvalue weighted by Gasteiger charge is -2.10. The minimum atomic E-state index is -3.71. The van der Waals surface area contributed by atoms with Crippen LogP contribution in [0.5, 0.6) is 0 Å². The molecule has 1 aromatic carbocycles. The van der Waals surface area contributed by atoms with Crippen LogP contribution in [-0.4, -0.2) is 28.4 Å².